The topological polar surface area (TPSA) is 50.9 Å². The van der Waals surface area contributed by atoms with Crippen molar-refractivity contribution in [1.82, 2.24) is 14.5 Å². The van der Waals surface area contributed by atoms with Crippen molar-refractivity contribution >= 4 is 32.7 Å². The molecule has 0 radical (unpaired) electrons. The first kappa shape index (κ1) is 41.7. The first-order chi connectivity index (χ1) is 29.9. The molecule has 0 aliphatic rings. The van der Waals surface area contributed by atoms with Crippen LogP contribution >= 0.6 is 0 Å². The molecule has 10 aromatic rings. The van der Waals surface area contributed by atoms with Gasteiger partial charge in [0, 0.05) is 43.9 Å². The number of hydrogen-bond donors (Lipinski definition) is 1. The van der Waals surface area contributed by atoms with E-state index >= 15 is 0 Å². The number of aromatic nitrogens is 3. The van der Waals surface area contributed by atoms with Crippen LogP contribution < -0.4 is 0 Å². The van der Waals surface area contributed by atoms with Crippen LogP contribution in [0.5, 0.6) is 5.75 Å². The molecule has 1 N–H and O–H groups in total. The van der Waals surface area contributed by atoms with Gasteiger partial charge in [-0.15, -0.1) is 35.4 Å². The van der Waals surface area contributed by atoms with Gasteiger partial charge in [0.2, 0.25) is 0 Å². The van der Waals surface area contributed by atoms with E-state index in [2.05, 4.69) is 204 Å². The van der Waals surface area contributed by atoms with Crippen molar-refractivity contribution in [2.24, 2.45) is 0 Å². The minimum atomic E-state index is -0.143. The largest absolute Gasteiger partial charge is 0.507 e. The third kappa shape index (κ3) is 7.79. The zero-order valence-electron chi connectivity index (χ0n) is 36.3. The van der Waals surface area contributed by atoms with E-state index in [0.29, 0.717) is 11.4 Å². The summed E-state index contributed by atoms with van der Waals surface area (Å²) in [6.45, 7) is 13.3. The van der Waals surface area contributed by atoms with E-state index in [1.807, 2.05) is 24.4 Å². The fourth-order valence-corrected chi connectivity index (χ4v) is 8.70. The number of aromatic hydroxyl groups is 1. The summed E-state index contributed by atoms with van der Waals surface area (Å²) in [6.07, 6.45) is 1.90. The predicted octanol–water partition coefficient (Wildman–Crippen LogP) is 15.2. The maximum absolute atomic E-state index is 11.7. The van der Waals surface area contributed by atoms with E-state index in [-0.39, 0.29) is 37.6 Å². The summed E-state index contributed by atoms with van der Waals surface area (Å²) in [5, 5.41) is 15.2. The van der Waals surface area contributed by atoms with Crippen LogP contribution in [0.1, 0.15) is 52.7 Å². The van der Waals surface area contributed by atoms with Crippen molar-refractivity contribution in [2.75, 3.05) is 0 Å². The molecule has 4 nitrogen and oxygen atoms in total. The molecule has 0 atom stereocenters. The van der Waals surface area contributed by atoms with Gasteiger partial charge in [0.05, 0.1) is 16.6 Å². The standard InChI is InChI=1S/C58H48N3O.Pt/c1-57(2,3)44-24-27-46(28-25-44)61-52-35-43(40-23-22-37-14-10-11-17-39(37)32-40)34-50(55(52)60-56(61)51-36-45(58(4,5)6)26-29-53(51)62)42-19-12-18-41(33-42)48-20-13-21-49-47(30-31-59-54(48)49)38-15-8-7-9-16-38;/h7-32,34-36,62H,1-6H3;/q-1;. The van der Waals surface area contributed by atoms with Crippen LogP contribution in [0.4, 0.5) is 0 Å². The summed E-state index contributed by atoms with van der Waals surface area (Å²) in [4.78, 5) is 10.5. The molecule has 0 aliphatic heterocycles. The Balaban J connectivity index is 0.00000504. The average Bonchev–Trinajstić information content (AvgIpc) is 3.67. The van der Waals surface area contributed by atoms with Crippen LogP contribution in [0.2, 0.25) is 0 Å². The smallest absolute Gasteiger partial charge is 0.148 e. The summed E-state index contributed by atoms with van der Waals surface area (Å²) in [5.74, 6) is 0.857. The molecule has 0 unspecified atom stereocenters. The number of para-hydroxylation sites is 1. The monoisotopic (exact) mass is 997 g/mol. The molecule has 0 spiro atoms. The minimum absolute atomic E-state index is 0. The normalized spacial score (nSPS) is 11.9. The van der Waals surface area contributed by atoms with Gasteiger partial charge in [-0.25, -0.2) is 4.98 Å². The van der Waals surface area contributed by atoms with Crippen LogP contribution in [0, 0.1) is 6.07 Å². The van der Waals surface area contributed by atoms with Gasteiger partial charge < -0.3 is 5.11 Å². The number of phenols is 1. The number of imidazole rings is 1. The zero-order valence-corrected chi connectivity index (χ0v) is 38.6. The van der Waals surface area contributed by atoms with Crippen LogP contribution in [0.25, 0.3) is 94.3 Å². The number of pyridine rings is 1. The predicted molar refractivity (Wildman–Crippen MR) is 259 cm³/mol. The molecule has 0 amide bonds. The van der Waals surface area contributed by atoms with E-state index in [0.717, 1.165) is 77.7 Å². The van der Waals surface area contributed by atoms with Crippen molar-refractivity contribution < 1.29 is 26.2 Å². The maximum atomic E-state index is 11.7. The number of nitrogens with zero attached hydrogens (tertiary/aromatic N) is 3. The molecule has 2 aromatic heterocycles. The van der Waals surface area contributed by atoms with Crippen LogP contribution in [-0.2, 0) is 31.9 Å². The molecule has 0 saturated carbocycles. The summed E-state index contributed by atoms with van der Waals surface area (Å²) in [6, 6.07) is 63.6. The number of rotatable bonds is 6. The van der Waals surface area contributed by atoms with E-state index in [9.17, 15) is 5.11 Å². The van der Waals surface area contributed by atoms with Gasteiger partial charge in [-0.1, -0.05) is 162 Å². The van der Waals surface area contributed by atoms with Crippen molar-refractivity contribution in [3.63, 3.8) is 0 Å². The Morgan fingerprint density at radius 1 is 0.492 bits per heavy atom. The molecule has 312 valence electrons. The molecule has 63 heavy (non-hydrogen) atoms. The Hall–Kier alpha value is -6.61. The molecule has 0 fully saturated rings. The maximum Gasteiger partial charge on any atom is 0.148 e. The Bertz CT molecular complexity index is 3320. The second-order valence-electron chi connectivity index (χ2n) is 18.4. The van der Waals surface area contributed by atoms with Gasteiger partial charge >= 0.3 is 0 Å². The summed E-state index contributed by atoms with van der Waals surface area (Å²) >= 11 is 0. The number of phenolic OH excluding ortho intramolecular Hbond substituents is 1. The van der Waals surface area contributed by atoms with E-state index in [1.54, 1.807) is 0 Å². The molecule has 0 aliphatic carbocycles. The van der Waals surface area contributed by atoms with Gasteiger partial charge in [0.15, 0.2) is 0 Å². The van der Waals surface area contributed by atoms with Gasteiger partial charge in [-0.05, 0) is 97.4 Å². The molecular weight excluding hydrogens is 950 g/mol. The van der Waals surface area contributed by atoms with Gasteiger partial charge in [-0.3, -0.25) is 9.55 Å². The molecule has 0 bridgehead atoms. The van der Waals surface area contributed by atoms with Gasteiger partial charge in [0.1, 0.15) is 11.6 Å². The summed E-state index contributed by atoms with van der Waals surface area (Å²) < 4.78 is 2.22. The summed E-state index contributed by atoms with van der Waals surface area (Å²) in [7, 11) is 0. The third-order valence-electron chi connectivity index (χ3n) is 12.2. The van der Waals surface area contributed by atoms with Gasteiger partial charge in [0.25, 0.3) is 0 Å². The van der Waals surface area contributed by atoms with Crippen molar-refractivity contribution in [3.05, 3.63) is 193 Å². The van der Waals surface area contributed by atoms with Crippen LogP contribution in [-0.4, -0.2) is 19.6 Å². The van der Waals surface area contributed by atoms with E-state index < -0.39 is 0 Å². The molecule has 10 rings (SSSR count). The first-order valence-corrected chi connectivity index (χ1v) is 21.4. The molecular formula is C58H48N3OPt-. The van der Waals surface area contributed by atoms with Crippen molar-refractivity contribution in [2.45, 2.75) is 52.4 Å². The van der Waals surface area contributed by atoms with Crippen LogP contribution in [0.15, 0.2) is 176 Å². The van der Waals surface area contributed by atoms with Crippen LogP contribution in [0.3, 0.4) is 0 Å². The Morgan fingerprint density at radius 3 is 1.92 bits per heavy atom. The average molecular weight is 998 g/mol. The first-order valence-electron chi connectivity index (χ1n) is 21.4. The Kier molecular flexibility index (Phi) is 10.8. The fourth-order valence-electron chi connectivity index (χ4n) is 8.70. The Labute approximate surface area is 384 Å². The number of benzene rings is 8. The van der Waals surface area contributed by atoms with Crippen molar-refractivity contribution in [1.29, 1.82) is 0 Å². The zero-order chi connectivity index (χ0) is 42.8. The molecule has 2 heterocycles. The molecule has 8 aromatic carbocycles. The second-order valence-corrected chi connectivity index (χ2v) is 18.4. The Morgan fingerprint density at radius 2 is 1.17 bits per heavy atom. The van der Waals surface area contributed by atoms with Gasteiger partial charge in [-0.2, -0.15) is 0 Å². The molecule has 5 heteroatoms. The number of fused-ring (bicyclic) bond motifs is 3. The fraction of sp³-hybridized carbons (Fsp3) is 0.138. The van der Waals surface area contributed by atoms with E-state index in [4.69, 9.17) is 9.97 Å². The van der Waals surface area contributed by atoms with Crippen molar-refractivity contribution in [3.8, 4) is 67.3 Å². The second kappa shape index (κ2) is 16.3. The minimum Gasteiger partial charge on any atom is -0.507 e. The van der Waals surface area contributed by atoms with E-state index in [1.165, 1.54) is 16.3 Å². The quantitative estimate of drug-likeness (QED) is 0.169. The SMILES string of the molecule is CC(C)(C)c1ccc(-n2c(-c3cc(C(C)(C)C)ccc3O)nc3c(-c4[c-]c(-c5cccc6c(-c7ccccc7)ccnc56)ccc4)cc(-c4ccc5ccccc5c4)cc32)cc1.[Pt]. The summed E-state index contributed by atoms with van der Waals surface area (Å²) in [5.41, 5.74) is 14.8. The number of hydrogen-bond acceptors (Lipinski definition) is 3. The third-order valence-corrected chi connectivity index (χ3v) is 12.2. The molecule has 0 saturated heterocycles.